The number of likely N-dealkylation sites (tertiary alicyclic amines) is 1. The van der Waals surface area contributed by atoms with Crippen LogP contribution in [0.15, 0.2) is 24.3 Å². The molecule has 1 atom stereocenters. The molecule has 0 spiro atoms. The van der Waals surface area contributed by atoms with Gasteiger partial charge in [-0.05, 0) is 63.5 Å². The second kappa shape index (κ2) is 10.3. The molecule has 28 heavy (non-hydrogen) atoms. The van der Waals surface area contributed by atoms with Gasteiger partial charge in [-0.1, -0.05) is 12.1 Å². The quantitative estimate of drug-likeness (QED) is 0.379. The number of alkyl halides is 3. The minimum absolute atomic E-state index is 0. The van der Waals surface area contributed by atoms with E-state index in [0.29, 0.717) is 12.1 Å². The van der Waals surface area contributed by atoms with E-state index in [9.17, 15) is 26.4 Å². The summed E-state index contributed by atoms with van der Waals surface area (Å²) < 4.78 is 62.9. The van der Waals surface area contributed by atoms with Crippen LogP contribution in [0.25, 0.3) is 0 Å². The predicted molar refractivity (Wildman–Crippen MR) is 101 cm³/mol. The van der Waals surface area contributed by atoms with E-state index in [4.69, 9.17) is 0 Å². The van der Waals surface area contributed by atoms with Crippen molar-refractivity contribution in [2.24, 2.45) is 0 Å². The normalized spacial score (nSPS) is 16.3. The lowest BCUT2D eigenvalue weighted by Crippen LogP contribution is -2.31. The number of hydrogen-bond donors (Lipinski definition) is 1. The zero-order valence-corrected chi connectivity index (χ0v) is 17.0. The molecule has 1 aliphatic rings. The molecular weight excluding hydrogens is 421 g/mol. The number of carbonyl (C=O) groups is 1. The first-order valence-electron chi connectivity index (χ1n) is 8.71. The number of amides is 1. The predicted octanol–water partition coefficient (Wildman–Crippen LogP) is 3.04. The van der Waals surface area contributed by atoms with Crippen molar-refractivity contribution in [3.8, 4) is 5.75 Å². The maximum absolute atomic E-state index is 12.3. The first kappa shape index (κ1) is 24.5. The first-order chi connectivity index (χ1) is 12.6. The lowest BCUT2D eigenvalue weighted by Gasteiger charge is -2.16. The molecule has 0 aliphatic carbocycles. The van der Waals surface area contributed by atoms with Crippen LogP contribution in [0.1, 0.15) is 37.7 Å². The Morgan fingerprint density at radius 3 is 2.32 bits per heavy atom. The van der Waals surface area contributed by atoms with Gasteiger partial charge < -0.3 is 14.4 Å². The van der Waals surface area contributed by atoms with Crippen LogP contribution in [0.2, 0.25) is 0 Å². The molecule has 1 aromatic rings. The average Bonchev–Trinajstić information content (AvgIpc) is 3.10. The highest BCUT2D eigenvalue weighted by Crippen LogP contribution is 2.27. The molecule has 0 unspecified atom stereocenters. The Bertz CT molecular complexity index is 736. The van der Waals surface area contributed by atoms with Gasteiger partial charge in [-0.15, -0.1) is 12.4 Å². The van der Waals surface area contributed by atoms with Crippen LogP contribution in [0, 0.1) is 0 Å². The molecule has 1 heterocycles. The Hall–Kier alpha value is -1.52. The van der Waals surface area contributed by atoms with Gasteiger partial charge >= 0.3 is 15.6 Å². The van der Waals surface area contributed by atoms with Crippen LogP contribution in [0.4, 0.5) is 13.2 Å². The van der Waals surface area contributed by atoms with E-state index in [2.05, 4.69) is 14.4 Å². The molecule has 1 saturated heterocycles. The number of nitrogens with zero attached hydrogens (tertiary/aromatic N) is 1. The fraction of sp³-hybridized carbons (Fsp3) is 0.588. The van der Waals surface area contributed by atoms with Crippen molar-refractivity contribution in [2.45, 2.75) is 37.6 Å². The lowest BCUT2D eigenvalue weighted by molar-refractivity contribution is -0.122. The topological polar surface area (TPSA) is 75.7 Å². The van der Waals surface area contributed by atoms with Crippen LogP contribution in [-0.2, 0) is 14.9 Å². The Labute approximate surface area is 169 Å². The lowest BCUT2D eigenvalue weighted by atomic mass is 10.0. The van der Waals surface area contributed by atoms with Gasteiger partial charge in [0.2, 0.25) is 5.91 Å². The van der Waals surface area contributed by atoms with Crippen molar-refractivity contribution >= 4 is 28.4 Å². The van der Waals surface area contributed by atoms with E-state index in [0.717, 1.165) is 38.2 Å². The van der Waals surface area contributed by atoms with Crippen molar-refractivity contribution < 1.29 is 30.6 Å². The fourth-order valence-corrected chi connectivity index (χ4v) is 3.27. The molecule has 0 saturated carbocycles. The molecule has 1 N–H and O–H groups in total. The summed E-state index contributed by atoms with van der Waals surface area (Å²) in [6, 6.07) is 4.93. The van der Waals surface area contributed by atoms with Gasteiger partial charge in [0, 0.05) is 6.54 Å². The highest BCUT2D eigenvalue weighted by molar-refractivity contribution is 7.88. The summed E-state index contributed by atoms with van der Waals surface area (Å²) in [6.45, 7) is 5.35. The molecule has 6 nitrogen and oxygen atoms in total. The van der Waals surface area contributed by atoms with Crippen LogP contribution in [0.3, 0.4) is 0 Å². The zero-order valence-electron chi connectivity index (χ0n) is 15.4. The average molecular weight is 445 g/mol. The van der Waals surface area contributed by atoms with Gasteiger partial charge in [0.1, 0.15) is 5.75 Å². The summed E-state index contributed by atoms with van der Waals surface area (Å²) >= 11 is 0. The summed E-state index contributed by atoms with van der Waals surface area (Å²) in [5.74, 6) is -1.19. The largest absolute Gasteiger partial charge is 0.534 e. The fourth-order valence-electron chi connectivity index (χ4n) is 2.81. The van der Waals surface area contributed by atoms with Gasteiger partial charge in [0.25, 0.3) is 0 Å². The third-order valence-electron chi connectivity index (χ3n) is 4.41. The Balaban J connectivity index is 0.00000392. The smallest absolute Gasteiger partial charge is 0.376 e. The van der Waals surface area contributed by atoms with Crippen LogP contribution >= 0.6 is 12.4 Å². The van der Waals surface area contributed by atoms with E-state index in [1.54, 1.807) is 6.92 Å². The molecule has 1 aliphatic heterocycles. The molecule has 160 valence electrons. The molecule has 1 fully saturated rings. The van der Waals surface area contributed by atoms with Crippen molar-refractivity contribution in [1.82, 2.24) is 10.2 Å². The third-order valence-corrected chi connectivity index (χ3v) is 5.39. The summed E-state index contributed by atoms with van der Waals surface area (Å²) in [7, 11) is -5.71. The second-order valence-electron chi connectivity index (χ2n) is 6.47. The maximum atomic E-state index is 12.3. The van der Waals surface area contributed by atoms with Crippen LogP contribution in [-0.4, -0.2) is 50.9 Å². The molecule has 1 amide bonds. The molecule has 2 rings (SSSR count). The summed E-state index contributed by atoms with van der Waals surface area (Å²) in [5, 5.41) is 2.84. The van der Waals surface area contributed by atoms with Crippen molar-refractivity contribution in [1.29, 1.82) is 0 Å². The van der Waals surface area contributed by atoms with Crippen LogP contribution in [0.5, 0.6) is 5.75 Å². The number of hydrogen-bond acceptors (Lipinski definition) is 5. The van der Waals surface area contributed by atoms with Crippen molar-refractivity contribution in [3.63, 3.8) is 0 Å². The van der Waals surface area contributed by atoms with Gasteiger partial charge in [0.05, 0.1) is 5.92 Å². The Kier molecular flexibility index (Phi) is 9.03. The van der Waals surface area contributed by atoms with Gasteiger partial charge in [-0.3, -0.25) is 4.79 Å². The van der Waals surface area contributed by atoms with E-state index in [1.165, 1.54) is 25.0 Å². The standard InChI is InChI=1S/C17H23F3N2O4S.ClH/c1-13(16(23)21-9-4-12-22-10-2-3-11-22)14-5-7-15(8-6-14)26-27(24,25)17(18,19)20;/h5-8,13H,2-4,9-12H2,1H3,(H,21,23);1H/t13-;/m1./s1. The Morgan fingerprint density at radius 1 is 1.21 bits per heavy atom. The molecule has 0 aromatic heterocycles. The number of halogens is 4. The molecule has 0 bridgehead atoms. The zero-order chi connectivity index (χ0) is 20.1. The van der Waals surface area contributed by atoms with E-state index >= 15 is 0 Å². The van der Waals surface area contributed by atoms with E-state index in [-0.39, 0.29) is 18.3 Å². The van der Waals surface area contributed by atoms with Crippen LogP contribution < -0.4 is 9.50 Å². The molecule has 11 heteroatoms. The number of nitrogens with one attached hydrogen (secondary N) is 1. The van der Waals surface area contributed by atoms with Crippen molar-refractivity contribution in [2.75, 3.05) is 26.2 Å². The minimum atomic E-state index is -5.71. The van der Waals surface area contributed by atoms with Crippen molar-refractivity contribution in [3.05, 3.63) is 29.8 Å². The molecule has 1 aromatic carbocycles. The first-order valence-corrected chi connectivity index (χ1v) is 10.1. The molecule has 0 radical (unpaired) electrons. The second-order valence-corrected chi connectivity index (χ2v) is 8.01. The third kappa shape index (κ3) is 6.82. The monoisotopic (exact) mass is 444 g/mol. The number of benzene rings is 1. The summed E-state index contributed by atoms with van der Waals surface area (Å²) in [6.07, 6.45) is 3.28. The molecular formula is C17H24ClF3N2O4S. The number of carbonyl (C=O) groups excluding carboxylic acids is 1. The summed E-state index contributed by atoms with van der Waals surface area (Å²) in [5.41, 5.74) is -4.95. The maximum Gasteiger partial charge on any atom is 0.534 e. The van der Waals surface area contributed by atoms with E-state index < -0.39 is 27.3 Å². The SMILES string of the molecule is C[C@@H](C(=O)NCCCN1CCCC1)c1ccc(OS(=O)(=O)C(F)(F)F)cc1.Cl. The number of rotatable bonds is 8. The highest BCUT2D eigenvalue weighted by atomic mass is 35.5. The van der Waals surface area contributed by atoms with E-state index in [1.807, 2.05) is 0 Å². The van der Waals surface area contributed by atoms with Gasteiger partial charge in [-0.25, -0.2) is 0 Å². The minimum Gasteiger partial charge on any atom is -0.376 e. The Morgan fingerprint density at radius 2 is 1.79 bits per heavy atom. The van der Waals surface area contributed by atoms with Gasteiger partial charge in [0.15, 0.2) is 0 Å². The summed E-state index contributed by atoms with van der Waals surface area (Å²) in [4.78, 5) is 14.5. The van der Waals surface area contributed by atoms with Gasteiger partial charge in [-0.2, -0.15) is 21.6 Å². The highest BCUT2D eigenvalue weighted by Gasteiger charge is 2.48.